The van der Waals surface area contributed by atoms with Crippen molar-refractivity contribution in [3.05, 3.63) is 12.3 Å². The van der Waals surface area contributed by atoms with Crippen LogP contribution in [0.25, 0.3) is 0 Å². The van der Waals surface area contributed by atoms with Crippen molar-refractivity contribution in [1.82, 2.24) is 0 Å². The van der Waals surface area contributed by atoms with Gasteiger partial charge in [0.05, 0.1) is 6.10 Å². The van der Waals surface area contributed by atoms with Crippen LogP contribution in [0.4, 0.5) is 0 Å². The van der Waals surface area contributed by atoms with E-state index >= 15 is 0 Å². The summed E-state index contributed by atoms with van der Waals surface area (Å²) in [6, 6.07) is 0. The minimum atomic E-state index is -2.22. The van der Waals surface area contributed by atoms with Crippen molar-refractivity contribution in [3.63, 3.8) is 0 Å². The zero-order chi connectivity index (χ0) is 15.6. The molecule has 0 aliphatic heterocycles. The van der Waals surface area contributed by atoms with E-state index < -0.39 is 8.56 Å². The van der Waals surface area contributed by atoms with Crippen molar-refractivity contribution >= 4 is 8.56 Å². The van der Waals surface area contributed by atoms with Crippen molar-refractivity contribution in [2.24, 2.45) is 11.8 Å². The molecule has 0 radical (unpaired) electrons. The van der Waals surface area contributed by atoms with Crippen LogP contribution in [0.1, 0.15) is 66.7 Å². The Kier molecular flexibility index (Phi) is 10.5. The first-order valence-electron chi connectivity index (χ1n) is 8.31. The minimum Gasteiger partial charge on any atom is -0.391 e. The Morgan fingerprint density at radius 2 is 1.55 bits per heavy atom. The van der Waals surface area contributed by atoms with E-state index in [1.807, 2.05) is 5.70 Å². The fourth-order valence-electron chi connectivity index (χ4n) is 2.43. The van der Waals surface area contributed by atoms with Gasteiger partial charge in [0, 0.05) is 6.61 Å². The Bertz CT molecular complexity index is 245. The van der Waals surface area contributed by atoms with Crippen LogP contribution in [0.15, 0.2) is 12.3 Å². The molecule has 20 heavy (non-hydrogen) atoms. The first kappa shape index (κ1) is 19.9. The number of rotatable bonds is 12. The maximum absolute atomic E-state index is 6.34. The van der Waals surface area contributed by atoms with Gasteiger partial charge in [-0.3, -0.25) is 0 Å². The number of hydrogen-bond acceptors (Lipinski definition) is 2. The molecule has 3 heteroatoms. The van der Waals surface area contributed by atoms with Crippen LogP contribution in [0.5, 0.6) is 0 Å². The van der Waals surface area contributed by atoms with E-state index in [2.05, 4.69) is 47.7 Å². The largest absolute Gasteiger partial charge is 0.391 e. The lowest BCUT2D eigenvalue weighted by atomic mass is 9.97. The van der Waals surface area contributed by atoms with Crippen molar-refractivity contribution in [2.75, 3.05) is 6.61 Å². The molecule has 0 saturated heterocycles. The summed E-state index contributed by atoms with van der Waals surface area (Å²) in [5.41, 5.74) is 1.93. The first-order chi connectivity index (χ1) is 9.36. The van der Waals surface area contributed by atoms with Gasteiger partial charge in [0.25, 0.3) is 0 Å². The topological polar surface area (TPSA) is 18.5 Å². The van der Waals surface area contributed by atoms with Crippen LogP contribution in [0.3, 0.4) is 0 Å². The third kappa shape index (κ3) is 8.23. The van der Waals surface area contributed by atoms with Gasteiger partial charge in [0.2, 0.25) is 0 Å². The van der Waals surface area contributed by atoms with Gasteiger partial charge in [-0.2, -0.15) is 0 Å². The maximum Gasteiger partial charge on any atom is 0.361 e. The van der Waals surface area contributed by atoms with Crippen LogP contribution >= 0.6 is 0 Å². The summed E-state index contributed by atoms with van der Waals surface area (Å²) >= 11 is 0. The van der Waals surface area contributed by atoms with E-state index in [1.54, 1.807) is 0 Å². The first-order valence-corrected chi connectivity index (χ1v) is 10.7. The normalized spacial score (nSPS) is 15.1. The van der Waals surface area contributed by atoms with Gasteiger partial charge < -0.3 is 8.85 Å². The molecule has 0 aliphatic carbocycles. The van der Waals surface area contributed by atoms with Crippen LogP contribution in [0.2, 0.25) is 6.55 Å². The molecule has 0 aliphatic rings. The molecule has 2 nitrogen and oxygen atoms in total. The van der Waals surface area contributed by atoms with Gasteiger partial charge in [0.1, 0.15) is 0 Å². The van der Waals surface area contributed by atoms with Crippen LogP contribution in [-0.2, 0) is 8.85 Å². The summed E-state index contributed by atoms with van der Waals surface area (Å²) in [4.78, 5) is 0. The van der Waals surface area contributed by atoms with Crippen molar-refractivity contribution < 1.29 is 8.85 Å². The summed E-state index contributed by atoms with van der Waals surface area (Å²) in [7, 11) is -2.22. The molecular formula is C17H36O2Si. The van der Waals surface area contributed by atoms with Crippen molar-refractivity contribution in [3.8, 4) is 0 Å². The average Bonchev–Trinajstić information content (AvgIpc) is 2.39. The smallest absolute Gasteiger partial charge is 0.361 e. The highest BCUT2D eigenvalue weighted by Gasteiger charge is 2.33. The SMILES string of the molecule is C=C[Si](C)(OCCCCCCC)OC(C(C)C)C(C)C. The minimum absolute atomic E-state index is 0.254. The Hall–Kier alpha value is -0.123. The number of hydrogen-bond donors (Lipinski definition) is 0. The number of unbranched alkanes of at least 4 members (excludes halogenated alkanes) is 4. The van der Waals surface area contributed by atoms with Gasteiger partial charge in [-0.05, 0) is 30.5 Å². The van der Waals surface area contributed by atoms with Crippen LogP contribution in [0, 0.1) is 11.8 Å². The quantitative estimate of drug-likeness (QED) is 0.351. The monoisotopic (exact) mass is 300 g/mol. The second kappa shape index (κ2) is 10.6. The van der Waals surface area contributed by atoms with E-state index in [4.69, 9.17) is 8.85 Å². The summed E-state index contributed by atoms with van der Waals surface area (Å²) in [5, 5.41) is 0. The highest BCUT2D eigenvalue weighted by molar-refractivity contribution is 6.71. The molecule has 0 saturated carbocycles. The van der Waals surface area contributed by atoms with Gasteiger partial charge >= 0.3 is 8.56 Å². The molecule has 0 spiro atoms. The summed E-state index contributed by atoms with van der Waals surface area (Å²) in [5.74, 6) is 1.02. The molecule has 0 aromatic rings. The Balaban J connectivity index is 4.21. The molecule has 0 fully saturated rings. The third-order valence-corrected chi connectivity index (χ3v) is 5.95. The predicted molar refractivity (Wildman–Crippen MR) is 91.1 cm³/mol. The average molecular weight is 301 g/mol. The van der Waals surface area contributed by atoms with E-state index in [0.717, 1.165) is 13.0 Å². The van der Waals surface area contributed by atoms with Crippen molar-refractivity contribution in [2.45, 2.75) is 79.4 Å². The molecule has 0 aromatic heterocycles. The molecule has 1 atom stereocenters. The zero-order valence-corrected chi connectivity index (χ0v) is 15.6. The van der Waals surface area contributed by atoms with Gasteiger partial charge in [-0.15, -0.1) is 6.58 Å². The summed E-state index contributed by atoms with van der Waals surface area (Å²) in [6.07, 6.45) is 6.57. The zero-order valence-electron chi connectivity index (χ0n) is 14.6. The van der Waals surface area contributed by atoms with Crippen molar-refractivity contribution in [1.29, 1.82) is 0 Å². The molecule has 0 aromatic carbocycles. The van der Waals surface area contributed by atoms with Gasteiger partial charge in [-0.1, -0.05) is 60.3 Å². The van der Waals surface area contributed by atoms with Crippen LogP contribution in [-0.4, -0.2) is 21.3 Å². The molecule has 1 unspecified atom stereocenters. The second-order valence-electron chi connectivity index (χ2n) is 6.55. The molecule has 0 bridgehead atoms. The van der Waals surface area contributed by atoms with E-state index in [9.17, 15) is 0 Å². The van der Waals surface area contributed by atoms with Gasteiger partial charge in [0.15, 0.2) is 0 Å². The Labute approximate surface area is 128 Å². The van der Waals surface area contributed by atoms with E-state index in [-0.39, 0.29) is 6.10 Å². The Morgan fingerprint density at radius 1 is 1.00 bits per heavy atom. The van der Waals surface area contributed by atoms with Crippen LogP contribution < -0.4 is 0 Å². The lowest BCUT2D eigenvalue weighted by Gasteiger charge is -2.33. The molecule has 120 valence electrons. The van der Waals surface area contributed by atoms with E-state index in [0.29, 0.717) is 11.8 Å². The van der Waals surface area contributed by atoms with Gasteiger partial charge in [-0.25, -0.2) is 0 Å². The molecule has 0 amide bonds. The fourth-order valence-corrected chi connectivity index (χ4v) is 4.35. The van der Waals surface area contributed by atoms with E-state index in [1.165, 1.54) is 25.7 Å². The standard InChI is InChI=1S/C17H36O2Si/c1-8-10-11-12-13-14-18-20(7,9-2)19-17(15(3)4)16(5)6/h9,15-17H,2,8,10-14H2,1,3-7H3. The Morgan fingerprint density at radius 3 is 2.00 bits per heavy atom. The predicted octanol–water partition coefficient (Wildman–Crippen LogP) is 5.47. The second-order valence-corrected chi connectivity index (χ2v) is 9.52. The summed E-state index contributed by atoms with van der Waals surface area (Å²) < 4.78 is 12.4. The fraction of sp³-hybridized carbons (Fsp3) is 0.882. The molecule has 0 heterocycles. The third-order valence-electron chi connectivity index (χ3n) is 3.69. The maximum atomic E-state index is 6.34. The molecule has 0 N–H and O–H groups in total. The molecular weight excluding hydrogens is 264 g/mol. The highest BCUT2D eigenvalue weighted by Crippen LogP contribution is 2.22. The highest BCUT2D eigenvalue weighted by atomic mass is 28.4. The lowest BCUT2D eigenvalue weighted by molar-refractivity contribution is 0.0588. The summed E-state index contributed by atoms with van der Waals surface area (Å²) in [6.45, 7) is 18.0. The molecule has 0 rings (SSSR count). The lowest BCUT2D eigenvalue weighted by Crippen LogP contribution is -2.44.